The summed E-state index contributed by atoms with van der Waals surface area (Å²) < 4.78 is 0. The van der Waals surface area contributed by atoms with Gasteiger partial charge in [-0.15, -0.1) is 0 Å². The van der Waals surface area contributed by atoms with E-state index in [0.717, 1.165) is 19.3 Å². The van der Waals surface area contributed by atoms with Gasteiger partial charge in [-0.1, -0.05) is 37.0 Å². The smallest absolute Gasteiger partial charge is 0.254 e. The van der Waals surface area contributed by atoms with Gasteiger partial charge in [0.15, 0.2) is 0 Å². The standard InChI is InChI=1S/C17H22Cl2N2O2/c1-3-14(4-2)20-16(22)15-6-5-7-21(15)17(23)11-8-12(18)10-13(19)9-11/h8-10,14-15H,3-7H2,1-2H3,(H,20,22)/t15-/m1/s1. The zero-order chi connectivity index (χ0) is 17.0. The van der Waals surface area contributed by atoms with Gasteiger partial charge in [-0.2, -0.15) is 0 Å². The second kappa shape index (κ2) is 8.02. The Labute approximate surface area is 147 Å². The average molecular weight is 357 g/mol. The second-order valence-corrected chi connectivity index (χ2v) is 6.71. The third-order valence-electron chi connectivity index (χ3n) is 4.26. The summed E-state index contributed by atoms with van der Waals surface area (Å²) in [7, 11) is 0. The molecule has 1 aliphatic heterocycles. The molecule has 1 N–H and O–H groups in total. The maximum atomic E-state index is 12.7. The van der Waals surface area contributed by atoms with E-state index in [1.54, 1.807) is 23.1 Å². The first-order chi connectivity index (χ1) is 11.0. The van der Waals surface area contributed by atoms with Crippen LogP contribution in [0.1, 0.15) is 49.9 Å². The summed E-state index contributed by atoms with van der Waals surface area (Å²) in [6.45, 7) is 4.66. The van der Waals surface area contributed by atoms with E-state index in [1.165, 1.54) is 0 Å². The molecule has 0 unspecified atom stereocenters. The van der Waals surface area contributed by atoms with E-state index in [1.807, 2.05) is 13.8 Å². The van der Waals surface area contributed by atoms with E-state index in [2.05, 4.69) is 5.32 Å². The maximum Gasteiger partial charge on any atom is 0.254 e. The molecule has 0 bridgehead atoms. The summed E-state index contributed by atoms with van der Waals surface area (Å²) in [5, 5.41) is 3.86. The molecule has 1 fully saturated rings. The van der Waals surface area contributed by atoms with Crippen LogP contribution < -0.4 is 5.32 Å². The molecular formula is C17H22Cl2N2O2. The molecule has 0 aliphatic carbocycles. The van der Waals surface area contributed by atoms with Crippen molar-refractivity contribution < 1.29 is 9.59 Å². The number of carbonyl (C=O) groups excluding carboxylic acids is 2. The van der Waals surface area contributed by atoms with Crippen molar-refractivity contribution in [3.63, 3.8) is 0 Å². The highest BCUT2D eigenvalue weighted by molar-refractivity contribution is 6.35. The number of halogens is 2. The summed E-state index contributed by atoms with van der Waals surface area (Å²) in [4.78, 5) is 26.8. The van der Waals surface area contributed by atoms with E-state index in [-0.39, 0.29) is 17.9 Å². The van der Waals surface area contributed by atoms with Gasteiger partial charge in [0.2, 0.25) is 5.91 Å². The van der Waals surface area contributed by atoms with Gasteiger partial charge in [0, 0.05) is 28.2 Å². The predicted octanol–water partition coefficient (Wildman–Crippen LogP) is 3.90. The molecule has 1 aromatic rings. The van der Waals surface area contributed by atoms with E-state index in [0.29, 0.717) is 28.6 Å². The van der Waals surface area contributed by atoms with Gasteiger partial charge in [0.25, 0.3) is 5.91 Å². The number of hydrogen-bond donors (Lipinski definition) is 1. The SMILES string of the molecule is CCC(CC)NC(=O)[C@H]1CCCN1C(=O)c1cc(Cl)cc(Cl)c1. The monoisotopic (exact) mass is 356 g/mol. The number of rotatable bonds is 5. The average Bonchev–Trinajstić information content (AvgIpc) is 3.00. The number of carbonyl (C=O) groups is 2. The van der Waals surface area contributed by atoms with E-state index >= 15 is 0 Å². The molecule has 23 heavy (non-hydrogen) atoms. The molecule has 0 aromatic heterocycles. The molecule has 1 atom stereocenters. The molecule has 0 saturated carbocycles. The van der Waals surface area contributed by atoms with E-state index in [9.17, 15) is 9.59 Å². The van der Waals surface area contributed by atoms with Crippen molar-refractivity contribution in [1.82, 2.24) is 10.2 Å². The Bertz CT molecular complexity index is 568. The van der Waals surface area contributed by atoms with Crippen LogP contribution in [0.25, 0.3) is 0 Å². The van der Waals surface area contributed by atoms with E-state index in [4.69, 9.17) is 23.2 Å². The summed E-state index contributed by atoms with van der Waals surface area (Å²) in [6, 6.07) is 4.50. The van der Waals surface area contributed by atoms with Gasteiger partial charge in [-0.3, -0.25) is 9.59 Å². The minimum absolute atomic E-state index is 0.0716. The van der Waals surface area contributed by atoms with Gasteiger partial charge in [-0.25, -0.2) is 0 Å². The van der Waals surface area contributed by atoms with Crippen molar-refractivity contribution >= 4 is 35.0 Å². The first-order valence-corrected chi connectivity index (χ1v) is 8.79. The summed E-state index contributed by atoms with van der Waals surface area (Å²) in [6.07, 6.45) is 3.27. The number of nitrogens with one attached hydrogen (secondary N) is 1. The largest absolute Gasteiger partial charge is 0.352 e. The quantitative estimate of drug-likeness (QED) is 0.869. The Kier molecular flexibility index (Phi) is 6.31. The normalized spacial score (nSPS) is 17.6. The molecule has 6 heteroatoms. The number of amides is 2. The first-order valence-electron chi connectivity index (χ1n) is 8.03. The highest BCUT2D eigenvalue weighted by Gasteiger charge is 2.35. The fourth-order valence-electron chi connectivity index (χ4n) is 2.92. The zero-order valence-corrected chi connectivity index (χ0v) is 15.0. The zero-order valence-electron chi connectivity index (χ0n) is 13.4. The van der Waals surface area contributed by atoms with Gasteiger partial charge in [0.05, 0.1) is 0 Å². The number of benzene rings is 1. The highest BCUT2D eigenvalue weighted by atomic mass is 35.5. The van der Waals surface area contributed by atoms with Crippen LogP contribution >= 0.6 is 23.2 Å². The minimum atomic E-state index is -0.416. The van der Waals surface area contributed by atoms with Crippen LogP contribution in [-0.4, -0.2) is 35.3 Å². The third-order valence-corrected chi connectivity index (χ3v) is 4.69. The Balaban J connectivity index is 2.14. The Morgan fingerprint density at radius 3 is 2.39 bits per heavy atom. The van der Waals surface area contributed by atoms with Gasteiger partial charge < -0.3 is 10.2 Å². The summed E-state index contributed by atoms with van der Waals surface area (Å²) in [5.74, 6) is -0.269. The maximum absolute atomic E-state index is 12.7. The van der Waals surface area contributed by atoms with Crippen LogP contribution in [0, 0.1) is 0 Å². The molecule has 1 saturated heterocycles. The fraction of sp³-hybridized carbons (Fsp3) is 0.529. The topological polar surface area (TPSA) is 49.4 Å². The molecule has 1 heterocycles. The lowest BCUT2D eigenvalue weighted by Gasteiger charge is -2.26. The Morgan fingerprint density at radius 2 is 1.83 bits per heavy atom. The molecule has 1 aliphatic rings. The molecule has 4 nitrogen and oxygen atoms in total. The van der Waals surface area contributed by atoms with Crippen molar-refractivity contribution in [3.8, 4) is 0 Å². The highest BCUT2D eigenvalue weighted by Crippen LogP contribution is 2.24. The van der Waals surface area contributed by atoms with Crippen LogP contribution in [-0.2, 0) is 4.79 Å². The third kappa shape index (κ3) is 4.39. The van der Waals surface area contributed by atoms with Crippen LogP contribution in [0.5, 0.6) is 0 Å². The molecule has 126 valence electrons. The van der Waals surface area contributed by atoms with Crippen molar-refractivity contribution in [2.45, 2.75) is 51.6 Å². The molecule has 0 spiro atoms. The number of likely N-dealkylation sites (tertiary alicyclic amines) is 1. The van der Waals surface area contributed by atoms with E-state index < -0.39 is 6.04 Å². The molecule has 2 amide bonds. The van der Waals surface area contributed by atoms with Crippen LogP contribution in [0.2, 0.25) is 10.0 Å². The lowest BCUT2D eigenvalue weighted by atomic mass is 10.1. The minimum Gasteiger partial charge on any atom is -0.352 e. The van der Waals surface area contributed by atoms with Crippen LogP contribution in [0.3, 0.4) is 0 Å². The summed E-state index contributed by atoms with van der Waals surface area (Å²) in [5.41, 5.74) is 0.421. The number of nitrogens with zero attached hydrogens (tertiary/aromatic N) is 1. The van der Waals surface area contributed by atoms with Crippen molar-refractivity contribution in [3.05, 3.63) is 33.8 Å². The lowest BCUT2D eigenvalue weighted by Crippen LogP contribution is -2.48. The fourth-order valence-corrected chi connectivity index (χ4v) is 3.44. The van der Waals surface area contributed by atoms with Crippen LogP contribution in [0.15, 0.2) is 18.2 Å². The van der Waals surface area contributed by atoms with Crippen molar-refractivity contribution in [2.75, 3.05) is 6.54 Å². The van der Waals surface area contributed by atoms with Gasteiger partial charge >= 0.3 is 0 Å². The van der Waals surface area contributed by atoms with Gasteiger partial charge in [-0.05, 0) is 43.9 Å². The first kappa shape index (κ1) is 18.1. The van der Waals surface area contributed by atoms with Crippen molar-refractivity contribution in [1.29, 1.82) is 0 Å². The Hall–Kier alpha value is -1.26. The van der Waals surface area contributed by atoms with Crippen molar-refractivity contribution in [2.24, 2.45) is 0 Å². The molecule has 2 rings (SSSR count). The molecular weight excluding hydrogens is 335 g/mol. The van der Waals surface area contributed by atoms with Crippen LogP contribution in [0.4, 0.5) is 0 Å². The second-order valence-electron chi connectivity index (χ2n) is 5.84. The lowest BCUT2D eigenvalue weighted by molar-refractivity contribution is -0.125. The molecule has 1 aromatic carbocycles. The van der Waals surface area contributed by atoms with Gasteiger partial charge in [0.1, 0.15) is 6.04 Å². The predicted molar refractivity (Wildman–Crippen MR) is 93.0 cm³/mol. The molecule has 0 radical (unpaired) electrons. The number of hydrogen-bond acceptors (Lipinski definition) is 2. The summed E-state index contributed by atoms with van der Waals surface area (Å²) >= 11 is 11.9. The Morgan fingerprint density at radius 1 is 1.22 bits per heavy atom.